The molecular formula is C9H11F2NO3S. The van der Waals surface area contributed by atoms with Crippen LogP contribution in [0.4, 0.5) is 8.78 Å². The summed E-state index contributed by atoms with van der Waals surface area (Å²) in [5, 5.41) is 8.67. The summed E-state index contributed by atoms with van der Waals surface area (Å²) < 4.78 is 51.1. The van der Waals surface area contributed by atoms with Crippen LogP contribution >= 0.6 is 0 Å². The average Bonchev–Trinajstić information content (AvgIpc) is 2.20. The van der Waals surface area contributed by atoms with Crippen molar-refractivity contribution in [2.45, 2.75) is 17.9 Å². The lowest BCUT2D eigenvalue weighted by Gasteiger charge is -2.11. The Bertz CT molecular complexity index is 476. The lowest BCUT2D eigenvalue weighted by atomic mass is 10.3. The van der Waals surface area contributed by atoms with E-state index in [-0.39, 0.29) is 0 Å². The Morgan fingerprint density at radius 2 is 2.06 bits per heavy atom. The zero-order valence-electron chi connectivity index (χ0n) is 8.44. The standard InChI is InChI=1S/C9H11F2NO3S/c1-6(5-13)12-16(14,15)9-4-7(10)2-3-8(9)11/h2-4,6,12-13H,5H2,1H3. The summed E-state index contributed by atoms with van der Waals surface area (Å²) in [5.41, 5.74) is 0. The molecule has 4 nitrogen and oxygen atoms in total. The molecule has 0 saturated carbocycles. The van der Waals surface area contributed by atoms with E-state index in [0.717, 1.165) is 12.1 Å². The number of halogens is 2. The van der Waals surface area contributed by atoms with Crippen LogP contribution in [0.15, 0.2) is 23.1 Å². The van der Waals surface area contributed by atoms with Crippen LogP contribution in [0.25, 0.3) is 0 Å². The quantitative estimate of drug-likeness (QED) is 0.824. The third-order valence-electron chi connectivity index (χ3n) is 1.81. The minimum absolute atomic E-state index is 0.434. The summed E-state index contributed by atoms with van der Waals surface area (Å²) in [7, 11) is -4.15. The van der Waals surface area contributed by atoms with E-state index in [4.69, 9.17) is 5.11 Å². The highest BCUT2D eigenvalue weighted by Crippen LogP contribution is 2.15. The first-order valence-corrected chi connectivity index (χ1v) is 5.93. The zero-order valence-corrected chi connectivity index (χ0v) is 9.26. The van der Waals surface area contributed by atoms with Gasteiger partial charge in [-0.15, -0.1) is 0 Å². The summed E-state index contributed by atoms with van der Waals surface area (Å²) in [5.74, 6) is -1.89. The van der Waals surface area contributed by atoms with Crippen LogP contribution in [-0.4, -0.2) is 26.2 Å². The van der Waals surface area contributed by atoms with Gasteiger partial charge in [-0.25, -0.2) is 21.9 Å². The van der Waals surface area contributed by atoms with Gasteiger partial charge in [-0.2, -0.15) is 0 Å². The number of hydrogen-bond donors (Lipinski definition) is 2. The molecule has 0 spiro atoms. The van der Waals surface area contributed by atoms with Gasteiger partial charge in [0.2, 0.25) is 10.0 Å². The maximum Gasteiger partial charge on any atom is 0.243 e. The van der Waals surface area contributed by atoms with Crippen molar-refractivity contribution in [1.82, 2.24) is 4.72 Å². The number of benzene rings is 1. The molecule has 0 bridgehead atoms. The highest BCUT2D eigenvalue weighted by molar-refractivity contribution is 7.89. The molecule has 1 aromatic carbocycles. The maximum absolute atomic E-state index is 13.2. The molecule has 0 aliphatic carbocycles. The molecule has 0 heterocycles. The second kappa shape index (κ2) is 4.86. The highest BCUT2D eigenvalue weighted by Gasteiger charge is 2.21. The monoisotopic (exact) mass is 251 g/mol. The molecule has 0 radical (unpaired) electrons. The van der Waals surface area contributed by atoms with Crippen LogP contribution in [0.5, 0.6) is 0 Å². The molecule has 16 heavy (non-hydrogen) atoms. The van der Waals surface area contributed by atoms with Crippen molar-refractivity contribution in [2.75, 3.05) is 6.61 Å². The van der Waals surface area contributed by atoms with Crippen LogP contribution in [0.3, 0.4) is 0 Å². The van der Waals surface area contributed by atoms with Crippen LogP contribution in [0, 0.1) is 11.6 Å². The van der Waals surface area contributed by atoms with E-state index in [1.54, 1.807) is 0 Å². The van der Waals surface area contributed by atoms with Crippen LogP contribution in [0.1, 0.15) is 6.92 Å². The molecule has 2 N–H and O–H groups in total. The number of sulfonamides is 1. The summed E-state index contributed by atoms with van der Waals surface area (Å²) in [4.78, 5) is -0.771. The third kappa shape index (κ3) is 2.97. The van der Waals surface area contributed by atoms with E-state index in [0.29, 0.717) is 6.07 Å². The Hall–Kier alpha value is -1.05. The predicted molar refractivity (Wildman–Crippen MR) is 53.2 cm³/mol. The first kappa shape index (κ1) is 13.0. The molecule has 0 aromatic heterocycles. The predicted octanol–water partition coefficient (Wildman–Crippen LogP) is 0.624. The van der Waals surface area contributed by atoms with Gasteiger partial charge in [0.15, 0.2) is 0 Å². The topological polar surface area (TPSA) is 66.4 Å². The van der Waals surface area contributed by atoms with Gasteiger partial charge in [-0.1, -0.05) is 0 Å². The number of nitrogens with one attached hydrogen (secondary N) is 1. The van der Waals surface area contributed by atoms with Gasteiger partial charge >= 0.3 is 0 Å². The maximum atomic E-state index is 13.2. The molecular weight excluding hydrogens is 240 g/mol. The minimum Gasteiger partial charge on any atom is -0.395 e. The second-order valence-electron chi connectivity index (χ2n) is 3.28. The molecule has 0 aliphatic heterocycles. The van der Waals surface area contributed by atoms with Crippen molar-refractivity contribution in [1.29, 1.82) is 0 Å². The van der Waals surface area contributed by atoms with Gasteiger partial charge in [-0.3, -0.25) is 0 Å². The normalized spacial score (nSPS) is 13.8. The van der Waals surface area contributed by atoms with Crippen LogP contribution < -0.4 is 4.72 Å². The van der Waals surface area contributed by atoms with E-state index in [2.05, 4.69) is 0 Å². The first-order valence-electron chi connectivity index (χ1n) is 4.45. The lowest BCUT2D eigenvalue weighted by molar-refractivity contribution is 0.265. The molecule has 1 aromatic rings. The van der Waals surface area contributed by atoms with E-state index >= 15 is 0 Å². The third-order valence-corrected chi connectivity index (χ3v) is 3.42. The Morgan fingerprint density at radius 1 is 1.44 bits per heavy atom. The summed E-state index contributed by atoms with van der Waals surface area (Å²) in [6, 6.07) is 1.37. The molecule has 0 saturated heterocycles. The van der Waals surface area contributed by atoms with Crippen LogP contribution in [-0.2, 0) is 10.0 Å². The SMILES string of the molecule is CC(CO)NS(=O)(=O)c1cc(F)ccc1F. The summed E-state index contributed by atoms with van der Waals surface area (Å²) in [6.45, 7) is 0.963. The Kier molecular flexibility index (Phi) is 3.95. The number of rotatable bonds is 4. The van der Waals surface area contributed by atoms with Gasteiger partial charge in [-0.05, 0) is 25.1 Å². The number of aliphatic hydroxyl groups excluding tert-OH is 1. The van der Waals surface area contributed by atoms with Crippen molar-refractivity contribution >= 4 is 10.0 Å². The van der Waals surface area contributed by atoms with Crippen molar-refractivity contribution in [3.8, 4) is 0 Å². The first-order chi connectivity index (χ1) is 7.36. The van der Waals surface area contributed by atoms with Gasteiger partial charge < -0.3 is 5.11 Å². The fourth-order valence-corrected chi connectivity index (χ4v) is 2.37. The molecule has 0 amide bonds. The van der Waals surface area contributed by atoms with Crippen molar-refractivity contribution < 1.29 is 22.3 Å². The lowest BCUT2D eigenvalue weighted by Crippen LogP contribution is -2.35. The average molecular weight is 251 g/mol. The molecule has 1 unspecified atom stereocenters. The molecule has 1 atom stereocenters. The highest BCUT2D eigenvalue weighted by atomic mass is 32.2. The molecule has 90 valence electrons. The van der Waals surface area contributed by atoms with Gasteiger partial charge in [0, 0.05) is 6.04 Å². The molecule has 1 rings (SSSR count). The molecule has 7 heteroatoms. The number of hydrogen-bond acceptors (Lipinski definition) is 3. The van der Waals surface area contributed by atoms with E-state index in [1.165, 1.54) is 6.92 Å². The Balaban J connectivity index is 3.12. The fraction of sp³-hybridized carbons (Fsp3) is 0.333. The van der Waals surface area contributed by atoms with E-state index < -0.39 is 39.2 Å². The fourth-order valence-electron chi connectivity index (χ4n) is 1.05. The van der Waals surface area contributed by atoms with Crippen LogP contribution in [0.2, 0.25) is 0 Å². The van der Waals surface area contributed by atoms with E-state index in [9.17, 15) is 17.2 Å². The number of aliphatic hydroxyl groups is 1. The zero-order chi connectivity index (χ0) is 12.3. The Labute approximate surface area is 92.0 Å². The summed E-state index contributed by atoms with van der Waals surface area (Å²) >= 11 is 0. The van der Waals surface area contributed by atoms with Crippen molar-refractivity contribution in [3.05, 3.63) is 29.8 Å². The molecule has 0 fully saturated rings. The van der Waals surface area contributed by atoms with Crippen molar-refractivity contribution in [2.24, 2.45) is 0 Å². The summed E-state index contributed by atoms with van der Waals surface area (Å²) in [6.07, 6.45) is 0. The van der Waals surface area contributed by atoms with Gasteiger partial charge in [0.1, 0.15) is 16.5 Å². The minimum atomic E-state index is -4.15. The van der Waals surface area contributed by atoms with Gasteiger partial charge in [0.05, 0.1) is 6.61 Å². The second-order valence-corrected chi connectivity index (χ2v) is 4.96. The van der Waals surface area contributed by atoms with E-state index in [1.807, 2.05) is 4.72 Å². The van der Waals surface area contributed by atoms with Gasteiger partial charge in [0.25, 0.3) is 0 Å². The van der Waals surface area contributed by atoms with Crippen molar-refractivity contribution in [3.63, 3.8) is 0 Å². The Morgan fingerprint density at radius 3 is 2.62 bits per heavy atom. The largest absolute Gasteiger partial charge is 0.395 e. The molecule has 0 aliphatic rings. The smallest absolute Gasteiger partial charge is 0.243 e.